The zero-order chi connectivity index (χ0) is 25.8. The molecule has 36 heavy (non-hydrogen) atoms. The molecule has 5 rings (SSSR count). The summed E-state index contributed by atoms with van der Waals surface area (Å²) >= 11 is 0. The average Bonchev–Trinajstić information content (AvgIpc) is 3.20. The first kappa shape index (κ1) is 24.5. The highest BCUT2D eigenvalue weighted by Gasteiger charge is 2.46. The molecule has 2 aromatic rings. The minimum Gasteiger partial charge on any atom is -0.339 e. The van der Waals surface area contributed by atoms with E-state index in [1.165, 1.54) is 0 Å². The average molecular weight is 517 g/mol. The van der Waals surface area contributed by atoms with Crippen LogP contribution in [0.15, 0.2) is 17.2 Å². The van der Waals surface area contributed by atoms with Crippen molar-refractivity contribution in [1.29, 1.82) is 0 Å². The number of fused-ring (bicyclic) bond motifs is 1. The SMILES string of the molecule is O=C(C1CN(C2CCc3c2n[nH]c(=O)c3C(F)(F)F)C1)N1CCN(c2ncc(C(F)(F)F)cn2)CC1. The van der Waals surface area contributed by atoms with Crippen LogP contribution in [-0.4, -0.2) is 75.1 Å². The fourth-order valence-electron chi connectivity index (χ4n) is 5.04. The number of hydrogen-bond donors (Lipinski definition) is 1. The Bertz CT molecular complexity index is 1200. The maximum Gasteiger partial charge on any atom is 0.422 e. The van der Waals surface area contributed by atoms with Gasteiger partial charge in [-0.05, 0) is 18.4 Å². The number of piperazine rings is 1. The van der Waals surface area contributed by atoms with Gasteiger partial charge in [-0.15, -0.1) is 0 Å². The minimum atomic E-state index is -4.77. The summed E-state index contributed by atoms with van der Waals surface area (Å²) in [6, 6.07) is -0.393. The molecule has 4 heterocycles. The fraction of sp³-hybridized carbons (Fsp3) is 0.571. The van der Waals surface area contributed by atoms with E-state index in [0.717, 1.165) is 12.4 Å². The van der Waals surface area contributed by atoms with Crippen molar-refractivity contribution < 1.29 is 31.1 Å². The molecule has 0 aromatic carbocycles. The summed E-state index contributed by atoms with van der Waals surface area (Å²) in [5.41, 5.74) is -3.25. The van der Waals surface area contributed by atoms with Gasteiger partial charge in [0.05, 0.1) is 23.2 Å². The number of nitrogens with zero attached hydrogens (tertiary/aromatic N) is 6. The number of alkyl halides is 6. The van der Waals surface area contributed by atoms with Gasteiger partial charge in [-0.1, -0.05) is 0 Å². The predicted molar refractivity (Wildman–Crippen MR) is 112 cm³/mol. The van der Waals surface area contributed by atoms with E-state index >= 15 is 0 Å². The number of anilines is 1. The van der Waals surface area contributed by atoms with Gasteiger partial charge in [0, 0.05) is 51.7 Å². The van der Waals surface area contributed by atoms with Gasteiger partial charge >= 0.3 is 12.4 Å². The predicted octanol–water partition coefficient (Wildman–Crippen LogP) is 1.87. The highest BCUT2D eigenvalue weighted by atomic mass is 19.4. The summed E-state index contributed by atoms with van der Waals surface area (Å²) in [5.74, 6) is -0.232. The topological polar surface area (TPSA) is 98.3 Å². The van der Waals surface area contributed by atoms with Crippen LogP contribution in [0, 0.1) is 5.92 Å². The number of aromatic nitrogens is 4. The molecule has 15 heteroatoms. The second kappa shape index (κ2) is 8.71. The third-order valence-electron chi connectivity index (χ3n) is 6.92. The molecule has 1 atom stereocenters. The molecule has 2 fully saturated rings. The number of H-pyrrole nitrogens is 1. The van der Waals surface area contributed by atoms with E-state index in [4.69, 9.17) is 0 Å². The van der Waals surface area contributed by atoms with Crippen LogP contribution in [0.1, 0.15) is 34.8 Å². The van der Waals surface area contributed by atoms with E-state index in [2.05, 4.69) is 15.1 Å². The summed E-state index contributed by atoms with van der Waals surface area (Å²) in [6.07, 6.45) is -7.35. The molecule has 1 unspecified atom stereocenters. The van der Waals surface area contributed by atoms with Crippen LogP contribution in [0.25, 0.3) is 0 Å². The van der Waals surface area contributed by atoms with Crippen LogP contribution in [0.2, 0.25) is 0 Å². The molecule has 3 aliphatic rings. The third-order valence-corrected chi connectivity index (χ3v) is 6.92. The van der Waals surface area contributed by atoms with Crippen LogP contribution in [0.4, 0.5) is 32.3 Å². The molecule has 0 spiro atoms. The van der Waals surface area contributed by atoms with Crippen molar-refractivity contribution in [2.45, 2.75) is 31.2 Å². The number of nitrogens with one attached hydrogen (secondary N) is 1. The lowest BCUT2D eigenvalue weighted by Crippen LogP contribution is -2.58. The van der Waals surface area contributed by atoms with Crippen molar-refractivity contribution in [3.8, 4) is 0 Å². The molecule has 2 aromatic heterocycles. The Labute approximate surface area is 200 Å². The van der Waals surface area contributed by atoms with Gasteiger partial charge in [-0.3, -0.25) is 14.5 Å². The van der Waals surface area contributed by atoms with Crippen LogP contribution in [0.5, 0.6) is 0 Å². The number of aromatic amines is 1. The number of amides is 1. The van der Waals surface area contributed by atoms with Gasteiger partial charge in [0.15, 0.2) is 0 Å². The number of hydrogen-bond acceptors (Lipinski definition) is 7. The zero-order valence-electron chi connectivity index (χ0n) is 18.7. The minimum absolute atomic E-state index is 0.0763. The highest BCUT2D eigenvalue weighted by molar-refractivity contribution is 5.80. The van der Waals surface area contributed by atoms with Crippen molar-refractivity contribution in [2.75, 3.05) is 44.2 Å². The van der Waals surface area contributed by atoms with Crippen molar-refractivity contribution in [3.05, 3.63) is 45.1 Å². The first-order valence-corrected chi connectivity index (χ1v) is 11.3. The molecular weight excluding hydrogens is 496 g/mol. The van der Waals surface area contributed by atoms with Crippen molar-refractivity contribution in [1.82, 2.24) is 30.0 Å². The maximum absolute atomic E-state index is 13.3. The van der Waals surface area contributed by atoms with Gasteiger partial charge in [0.1, 0.15) is 5.56 Å². The van der Waals surface area contributed by atoms with Crippen molar-refractivity contribution >= 4 is 11.9 Å². The zero-order valence-corrected chi connectivity index (χ0v) is 18.7. The van der Waals surface area contributed by atoms with Gasteiger partial charge in [0.25, 0.3) is 5.56 Å². The molecule has 1 aliphatic carbocycles. The normalized spacial score (nSPS) is 21.4. The lowest BCUT2D eigenvalue weighted by Gasteiger charge is -2.45. The van der Waals surface area contributed by atoms with Gasteiger partial charge in [-0.2, -0.15) is 31.4 Å². The summed E-state index contributed by atoms with van der Waals surface area (Å²) in [6.45, 7) is 2.16. The molecule has 0 bridgehead atoms. The Morgan fingerprint density at radius 2 is 1.61 bits per heavy atom. The Morgan fingerprint density at radius 1 is 0.972 bits per heavy atom. The molecule has 1 N–H and O–H groups in total. The molecule has 0 radical (unpaired) electrons. The lowest BCUT2D eigenvalue weighted by atomic mass is 9.94. The molecular formula is C21H21F6N7O2. The van der Waals surface area contributed by atoms with Gasteiger partial charge in [0.2, 0.25) is 11.9 Å². The van der Waals surface area contributed by atoms with E-state index in [1.54, 1.807) is 9.80 Å². The van der Waals surface area contributed by atoms with Crippen LogP contribution in [0.3, 0.4) is 0 Å². The summed E-state index contributed by atoms with van der Waals surface area (Å²) in [7, 11) is 0. The Balaban J connectivity index is 1.16. The quantitative estimate of drug-likeness (QED) is 0.621. The standard InChI is InChI=1S/C21H21F6N7O2/c22-20(23,24)12-7-28-19(29-8-12)33-5-3-32(4-6-33)18(36)11-9-34(10-11)14-2-1-13-15(21(25,26)27)17(35)31-30-16(13)14/h7-8,11,14H,1-6,9-10H2,(H,31,35). The summed E-state index contributed by atoms with van der Waals surface area (Å²) in [4.78, 5) is 37.5. The van der Waals surface area contributed by atoms with E-state index in [0.29, 0.717) is 45.7 Å². The van der Waals surface area contributed by atoms with Crippen LogP contribution in [-0.2, 0) is 23.6 Å². The summed E-state index contributed by atoms with van der Waals surface area (Å²) < 4.78 is 78.1. The van der Waals surface area contributed by atoms with E-state index in [-0.39, 0.29) is 35.5 Å². The first-order valence-electron chi connectivity index (χ1n) is 11.3. The van der Waals surface area contributed by atoms with Gasteiger partial charge in [-0.25, -0.2) is 15.1 Å². The summed E-state index contributed by atoms with van der Waals surface area (Å²) in [5, 5.41) is 5.83. The first-order chi connectivity index (χ1) is 16.9. The van der Waals surface area contributed by atoms with Gasteiger partial charge < -0.3 is 9.80 Å². The van der Waals surface area contributed by atoms with E-state index < -0.39 is 35.1 Å². The largest absolute Gasteiger partial charge is 0.422 e. The second-order valence-electron chi connectivity index (χ2n) is 9.08. The Hall–Kier alpha value is -3.23. The molecule has 2 saturated heterocycles. The third kappa shape index (κ3) is 4.40. The molecule has 9 nitrogen and oxygen atoms in total. The molecule has 2 aliphatic heterocycles. The highest BCUT2D eigenvalue weighted by Crippen LogP contribution is 2.42. The number of carbonyl (C=O) groups is 1. The monoisotopic (exact) mass is 517 g/mol. The Morgan fingerprint density at radius 3 is 2.19 bits per heavy atom. The molecule has 194 valence electrons. The smallest absolute Gasteiger partial charge is 0.339 e. The fourth-order valence-corrected chi connectivity index (χ4v) is 5.04. The number of carbonyl (C=O) groups excluding carboxylic acids is 1. The Kier molecular flexibility index (Phi) is 5.92. The number of likely N-dealkylation sites (tertiary alicyclic amines) is 1. The second-order valence-corrected chi connectivity index (χ2v) is 9.08. The number of halogens is 6. The van der Waals surface area contributed by atoms with Crippen molar-refractivity contribution in [2.24, 2.45) is 5.92 Å². The van der Waals surface area contributed by atoms with Crippen LogP contribution < -0.4 is 10.5 Å². The molecule has 0 saturated carbocycles. The van der Waals surface area contributed by atoms with Crippen molar-refractivity contribution in [3.63, 3.8) is 0 Å². The maximum atomic E-state index is 13.3. The number of rotatable bonds is 3. The molecule has 1 amide bonds. The van der Waals surface area contributed by atoms with Crippen LogP contribution >= 0.6 is 0 Å². The van der Waals surface area contributed by atoms with E-state index in [1.807, 2.05) is 10.00 Å². The lowest BCUT2D eigenvalue weighted by molar-refractivity contribution is -0.143. The van der Waals surface area contributed by atoms with E-state index in [9.17, 15) is 35.9 Å².